The first kappa shape index (κ1) is 14.2. The Morgan fingerprint density at radius 2 is 1.94 bits per heavy atom. The molecule has 0 aliphatic rings. The molecule has 1 aromatic carbocycles. The quantitative estimate of drug-likeness (QED) is 0.746. The average molecular weight is 248 g/mol. The summed E-state index contributed by atoms with van der Waals surface area (Å²) in [5, 5.41) is 26.3. The first-order valence-corrected chi connectivity index (χ1v) is 5.69. The number of aliphatic hydroxyl groups excluding tert-OH is 1. The molecular formula is C13H16N2O3. The summed E-state index contributed by atoms with van der Waals surface area (Å²) in [5.41, 5.74) is 1.59. The maximum absolute atomic E-state index is 10.5. The van der Waals surface area contributed by atoms with Crippen LogP contribution in [0.2, 0.25) is 0 Å². The van der Waals surface area contributed by atoms with Gasteiger partial charge in [0.15, 0.2) is 0 Å². The largest absolute Gasteiger partial charge is 0.481 e. The molecule has 5 heteroatoms. The zero-order chi connectivity index (χ0) is 13.4. The maximum Gasteiger partial charge on any atom is 0.304 e. The van der Waals surface area contributed by atoms with Crippen LogP contribution in [-0.2, 0) is 11.3 Å². The van der Waals surface area contributed by atoms with E-state index in [2.05, 4.69) is 0 Å². The fraction of sp³-hybridized carbons (Fsp3) is 0.385. The van der Waals surface area contributed by atoms with Gasteiger partial charge < -0.3 is 10.2 Å². The molecule has 1 aromatic rings. The van der Waals surface area contributed by atoms with Crippen LogP contribution in [0.1, 0.15) is 17.5 Å². The van der Waals surface area contributed by atoms with E-state index in [1.54, 1.807) is 12.1 Å². The van der Waals surface area contributed by atoms with Crippen molar-refractivity contribution in [3.05, 3.63) is 35.4 Å². The Morgan fingerprint density at radius 1 is 1.28 bits per heavy atom. The fourth-order valence-electron chi connectivity index (χ4n) is 1.61. The Labute approximate surface area is 106 Å². The number of aliphatic hydroxyl groups is 1. The zero-order valence-corrected chi connectivity index (χ0v) is 10.0. The molecule has 0 aromatic heterocycles. The van der Waals surface area contributed by atoms with Gasteiger partial charge in [0, 0.05) is 19.6 Å². The minimum atomic E-state index is -0.849. The summed E-state index contributed by atoms with van der Waals surface area (Å²) in [7, 11) is 0. The predicted octanol–water partition coefficient (Wildman–Crippen LogP) is 0.827. The van der Waals surface area contributed by atoms with Crippen molar-refractivity contribution in [3.63, 3.8) is 0 Å². The first-order chi connectivity index (χ1) is 8.65. The van der Waals surface area contributed by atoms with Crippen molar-refractivity contribution in [2.75, 3.05) is 19.7 Å². The molecule has 0 heterocycles. The van der Waals surface area contributed by atoms with E-state index in [4.69, 9.17) is 15.5 Å². The predicted molar refractivity (Wildman–Crippen MR) is 65.8 cm³/mol. The maximum atomic E-state index is 10.5. The standard InChI is InChI=1S/C13H16N2O3/c14-9-11-1-3-12(4-2-11)10-15(7-8-16)6-5-13(17)18/h1-4,16H,5-8,10H2,(H,17,18). The van der Waals surface area contributed by atoms with E-state index in [1.165, 1.54) is 0 Å². The number of benzene rings is 1. The first-order valence-electron chi connectivity index (χ1n) is 5.69. The fourth-order valence-corrected chi connectivity index (χ4v) is 1.61. The van der Waals surface area contributed by atoms with Gasteiger partial charge in [-0.3, -0.25) is 9.69 Å². The molecule has 18 heavy (non-hydrogen) atoms. The molecule has 0 bridgehead atoms. The Hall–Kier alpha value is -1.90. The number of carboxylic acid groups (broad SMARTS) is 1. The smallest absolute Gasteiger partial charge is 0.304 e. The van der Waals surface area contributed by atoms with Gasteiger partial charge in [-0.15, -0.1) is 0 Å². The van der Waals surface area contributed by atoms with Crippen LogP contribution in [0.5, 0.6) is 0 Å². The van der Waals surface area contributed by atoms with Crippen LogP contribution in [-0.4, -0.2) is 40.8 Å². The molecule has 0 aliphatic heterocycles. The van der Waals surface area contributed by atoms with Gasteiger partial charge in [-0.2, -0.15) is 5.26 Å². The van der Waals surface area contributed by atoms with E-state index < -0.39 is 5.97 Å². The van der Waals surface area contributed by atoms with Gasteiger partial charge in [-0.25, -0.2) is 0 Å². The van der Waals surface area contributed by atoms with Crippen molar-refractivity contribution >= 4 is 5.97 Å². The minimum absolute atomic E-state index is 0.00407. The molecule has 0 saturated carbocycles. The average Bonchev–Trinajstić information content (AvgIpc) is 2.37. The van der Waals surface area contributed by atoms with Crippen LogP contribution in [0, 0.1) is 11.3 Å². The SMILES string of the molecule is N#Cc1ccc(CN(CCO)CCC(=O)O)cc1. The van der Waals surface area contributed by atoms with Crippen LogP contribution in [0.4, 0.5) is 0 Å². The van der Waals surface area contributed by atoms with E-state index >= 15 is 0 Å². The molecule has 0 saturated heterocycles. The highest BCUT2D eigenvalue weighted by atomic mass is 16.4. The summed E-state index contributed by atoms with van der Waals surface area (Å²) in [4.78, 5) is 12.4. The van der Waals surface area contributed by atoms with Gasteiger partial charge in [-0.1, -0.05) is 12.1 Å². The molecule has 0 unspecified atom stereocenters. The number of carbonyl (C=O) groups is 1. The van der Waals surface area contributed by atoms with Crippen molar-refractivity contribution in [2.24, 2.45) is 0 Å². The number of nitriles is 1. The molecule has 5 nitrogen and oxygen atoms in total. The molecule has 1 rings (SSSR count). The lowest BCUT2D eigenvalue weighted by Crippen LogP contribution is -2.28. The molecule has 96 valence electrons. The Balaban J connectivity index is 2.58. The molecule has 2 N–H and O–H groups in total. The van der Waals surface area contributed by atoms with Crippen molar-refractivity contribution in [1.29, 1.82) is 5.26 Å². The second kappa shape index (κ2) is 7.43. The summed E-state index contributed by atoms with van der Waals surface area (Å²) in [6.07, 6.45) is 0.0519. The molecule has 0 radical (unpaired) electrons. The Bertz CT molecular complexity index is 423. The van der Waals surface area contributed by atoms with Crippen LogP contribution in [0.15, 0.2) is 24.3 Å². The van der Waals surface area contributed by atoms with Crippen LogP contribution in [0.3, 0.4) is 0 Å². The van der Waals surface area contributed by atoms with Gasteiger partial charge in [0.05, 0.1) is 24.7 Å². The van der Waals surface area contributed by atoms with Crippen molar-refractivity contribution in [1.82, 2.24) is 4.90 Å². The molecule has 0 fully saturated rings. The van der Waals surface area contributed by atoms with Crippen LogP contribution in [0.25, 0.3) is 0 Å². The highest BCUT2D eigenvalue weighted by Crippen LogP contribution is 2.07. The second-order valence-corrected chi connectivity index (χ2v) is 3.95. The number of carboxylic acids is 1. The number of aliphatic carboxylic acids is 1. The van der Waals surface area contributed by atoms with Crippen LogP contribution < -0.4 is 0 Å². The Kier molecular flexibility index (Phi) is 5.85. The van der Waals surface area contributed by atoms with Gasteiger partial charge in [0.1, 0.15) is 0 Å². The third kappa shape index (κ3) is 4.95. The van der Waals surface area contributed by atoms with Crippen molar-refractivity contribution in [2.45, 2.75) is 13.0 Å². The lowest BCUT2D eigenvalue weighted by atomic mass is 10.1. The number of hydrogen-bond acceptors (Lipinski definition) is 4. The normalized spacial score (nSPS) is 10.3. The van der Waals surface area contributed by atoms with Gasteiger partial charge in [0.2, 0.25) is 0 Å². The Morgan fingerprint density at radius 3 is 2.44 bits per heavy atom. The highest BCUT2D eigenvalue weighted by molar-refractivity contribution is 5.66. The van der Waals surface area contributed by atoms with Crippen molar-refractivity contribution < 1.29 is 15.0 Å². The topological polar surface area (TPSA) is 84.6 Å². The third-order valence-corrected chi connectivity index (χ3v) is 2.55. The van der Waals surface area contributed by atoms with Crippen LogP contribution >= 0.6 is 0 Å². The monoisotopic (exact) mass is 248 g/mol. The number of rotatable bonds is 7. The number of nitrogens with zero attached hydrogens (tertiary/aromatic N) is 2. The van der Waals surface area contributed by atoms with Gasteiger partial charge in [-0.05, 0) is 17.7 Å². The molecule has 0 amide bonds. The van der Waals surface area contributed by atoms with Gasteiger partial charge >= 0.3 is 5.97 Å². The second-order valence-electron chi connectivity index (χ2n) is 3.95. The van der Waals surface area contributed by atoms with E-state index in [-0.39, 0.29) is 13.0 Å². The summed E-state index contributed by atoms with van der Waals surface area (Å²) >= 11 is 0. The third-order valence-electron chi connectivity index (χ3n) is 2.55. The van der Waals surface area contributed by atoms with E-state index in [1.807, 2.05) is 23.1 Å². The molecule has 0 spiro atoms. The zero-order valence-electron chi connectivity index (χ0n) is 10.0. The van der Waals surface area contributed by atoms with E-state index in [9.17, 15) is 4.79 Å². The summed E-state index contributed by atoms with van der Waals surface area (Å²) in [5.74, 6) is -0.849. The number of hydrogen-bond donors (Lipinski definition) is 2. The molecule has 0 aliphatic carbocycles. The van der Waals surface area contributed by atoms with Gasteiger partial charge in [0.25, 0.3) is 0 Å². The molecule has 0 atom stereocenters. The van der Waals surface area contributed by atoms with E-state index in [0.29, 0.717) is 25.2 Å². The lowest BCUT2D eigenvalue weighted by molar-refractivity contribution is -0.137. The van der Waals surface area contributed by atoms with E-state index in [0.717, 1.165) is 5.56 Å². The lowest BCUT2D eigenvalue weighted by Gasteiger charge is -2.20. The van der Waals surface area contributed by atoms with Crippen molar-refractivity contribution in [3.8, 4) is 6.07 Å². The summed E-state index contributed by atoms with van der Waals surface area (Å²) in [6.45, 7) is 1.40. The highest BCUT2D eigenvalue weighted by Gasteiger charge is 2.07. The molecular weight excluding hydrogens is 232 g/mol. The summed E-state index contributed by atoms with van der Waals surface area (Å²) in [6, 6.07) is 9.17. The minimum Gasteiger partial charge on any atom is -0.481 e. The summed E-state index contributed by atoms with van der Waals surface area (Å²) < 4.78 is 0.